The summed E-state index contributed by atoms with van der Waals surface area (Å²) in [7, 11) is 3.15. The van der Waals surface area contributed by atoms with Crippen molar-refractivity contribution in [3.8, 4) is 22.6 Å². The van der Waals surface area contributed by atoms with E-state index >= 15 is 0 Å². The number of methoxy groups -OCH3 is 2. The zero-order valence-corrected chi connectivity index (χ0v) is 15.9. The highest BCUT2D eigenvalue weighted by Gasteiger charge is 2.19. The molecule has 1 atom stereocenters. The Morgan fingerprint density at radius 2 is 1.31 bits per heavy atom. The van der Waals surface area contributed by atoms with Crippen molar-refractivity contribution in [1.29, 1.82) is 0 Å². The molecule has 0 aliphatic carbocycles. The van der Waals surface area contributed by atoms with Crippen LogP contribution in [0, 0.1) is 0 Å². The number of hydrogen-bond acceptors (Lipinski definition) is 3. The van der Waals surface area contributed by atoms with Crippen molar-refractivity contribution in [3.63, 3.8) is 0 Å². The monoisotopic (exact) mass is 388 g/mol. The maximum absolute atomic E-state index is 10.7. The SMILES string of the molecule is COc1cc(C(O)c2ccccc2)cc(OC)c1-c1cc(Cl)cc(Cl)c1. The van der Waals surface area contributed by atoms with Gasteiger partial charge in [-0.15, -0.1) is 0 Å². The van der Waals surface area contributed by atoms with Gasteiger partial charge in [0, 0.05) is 10.0 Å². The van der Waals surface area contributed by atoms with E-state index in [-0.39, 0.29) is 0 Å². The number of benzene rings is 3. The lowest BCUT2D eigenvalue weighted by Gasteiger charge is -2.19. The fourth-order valence-electron chi connectivity index (χ4n) is 2.90. The first-order valence-corrected chi connectivity index (χ1v) is 8.74. The van der Waals surface area contributed by atoms with Crippen molar-refractivity contribution < 1.29 is 14.6 Å². The Labute approximate surface area is 162 Å². The van der Waals surface area contributed by atoms with E-state index in [9.17, 15) is 5.11 Å². The van der Waals surface area contributed by atoms with E-state index in [0.717, 1.165) is 16.7 Å². The van der Waals surface area contributed by atoms with Gasteiger partial charge in [0.2, 0.25) is 0 Å². The predicted octanol–water partition coefficient (Wildman–Crippen LogP) is 5.76. The highest BCUT2D eigenvalue weighted by Crippen LogP contribution is 2.43. The van der Waals surface area contributed by atoms with E-state index < -0.39 is 6.10 Å². The number of rotatable bonds is 5. The molecule has 3 rings (SSSR count). The van der Waals surface area contributed by atoms with Crippen LogP contribution in [0.4, 0.5) is 0 Å². The van der Waals surface area contributed by atoms with Crippen LogP contribution in [0.2, 0.25) is 10.0 Å². The smallest absolute Gasteiger partial charge is 0.130 e. The lowest BCUT2D eigenvalue weighted by Crippen LogP contribution is -2.02. The van der Waals surface area contributed by atoms with E-state index in [1.165, 1.54) is 0 Å². The number of halogens is 2. The van der Waals surface area contributed by atoms with Crippen molar-refractivity contribution in [2.24, 2.45) is 0 Å². The summed E-state index contributed by atoms with van der Waals surface area (Å²) in [6.45, 7) is 0. The molecule has 5 heteroatoms. The first kappa shape index (κ1) is 18.6. The van der Waals surface area contributed by atoms with Gasteiger partial charge in [0.25, 0.3) is 0 Å². The molecule has 134 valence electrons. The molecule has 0 aliphatic rings. The lowest BCUT2D eigenvalue weighted by molar-refractivity contribution is 0.219. The third-order valence-corrected chi connectivity index (χ3v) is 4.55. The molecule has 0 radical (unpaired) electrons. The molecule has 0 heterocycles. The summed E-state index contributed by atoms with van der Waals surface area (Å²) in [5, 5.41) is 11.8. The molecule has 0 saturated carbocycles. The Balaban J connectivity index is 2.15. The first-order chi connectivity index (χ1) is 12.5. The Morgan fingerprint density at radius 1 is 0.769 bits per heavy atom. The second-order valence-electron chi connectivity index (χ2n) is 5.77. The molecular weight excluding hydrogens is 371 g/mol. The van der Waals surface area contributed by atoms with E-state index in [0.29, 0.717) is 27.1 Å². The molecule has 1 N–H and O–H groups in total. The van der Waals surface area contributed by atoms with E-state index in [4.69, 9.17) is 32.7 Å². The zero-order chi connectivity index (χ0) is 18.7. The average molecular weight is 389 g/mol. The molecule has 0 saturated heterocycles. The van der Waals surface area contributed by atoms with Gasteiger partial charge in [-0.05, 0) is 47.0 Å². The van der Waals surface area contributed by atoms with Gasteiger partial charge in [-0.25, -0.2) is 0 Å². The number of aliphatic hydroxyl groups excluding tert-OH is 1. The van der Waals surface area contributed by atoms with Crippen molar-refractivity contribution in [3.05, 3.63) is 81.8 Å². The lowest BCUT2D eigenvalue weighted by atomic mass is 9.96. The molecule has 0 aliphatic heterocycles. The predicted molar refractivity (Wildman–Crippen MR) is 106 cm³/mol. The van der Waals surface area contributed by atoms with Crippen LogP contribution in [-0.2, 0) is 0 Å². The summed E-state index contributed by atoms with van der Waals surface area (Å²) >= 11 is 12.3. The molecule has 0 amide bonds. The number of hydrogen-bond donors (Lipinski definition) is 1. The molecule has 26 heavy (non-hydrogen) atoms. The van der Waals surface area contributed by atoms with Gasteiger partial charge < -0.3 is 14.6 Å². The van der Waals surface area contributed by atoms with Crippen LogP contribution in [0.1, 0.15) is 17.2 Å². The Hall–Kier alpha value is -2.20. The van der Waals surface area contributed by atoms with Crippen LogP contribution in [0.5, 0.6) is 11.5 Å². The molecule has 0 fully saturated rings. The van der Waals surface area contributed by atoms with Crippen molar-refractivity contribution >= 4 is 23.2 Å². The fraction of sp³-hybridized carbons (Fsp3) is 0.143. The normalized spacial score (nSPS) is 11.9. The topological polar surface area (TPSA) is 38.7 Å². The van der Waals surface area contributed by atoms with Gasteiger partial charge >= 0.3 is 0 Å². The molecular formula is C21H18Cl2O3. The van der Waals surface area contributed by atoms with Gasteiger partial charge in [0.15, 0.2) is 0 Å². The van der Waals surface area contributed by atoms with Crippen LogP contribution in [-0.4, -0.2) is 19.3 Å². The van der Waals surface area contributed by atoms with Crippen LogP contribution in [0.3, 0.4) is 0 Å². The number of aliphatic hydroxyl groups is 1. The van der Waals surface area contributed by atoms with Crippen molar-refractivity contribution in [2.45, 2.75) is 6.10 Å². The molecule has 0 spiro atoms. The summed E-state index contributed by atoms with van der Waals surface area (Å²) in [6.07, 6.45) is -0.795. The van der Waals surface area contributed by atoms with Crippen LogP contribution in [0.25, 0.3) is 11.1 Å². The fourth-order valence-corrected chi connectivity index (χ4v) is 3.43. The maximum Gasteiger partial charge on any atom is 0.130 e. The molecule has 1 unspecified atom stereocenters. The summed E-state index contributed by atoms with van der Waals surface area (Å²) < 4.78 is 11.1. The molecule has 0 bridgehead atoms. The highest BCUT2D eigenvalue weighted by molar-refractivity contribution is 6.35. The second-order valence-corrected chi connectivity index (χ2v) is 6.64. The Kier molecular flexibility index (Phi) is 5.72. The summed E-state index contributed by atoms with van der Waals surface area (Å²) in [4.78, 5) is 0. The second kappa shape index (κ2) is 8.00. The van der Waals surface area contributed by atoms with Gasteiger partial charge in [0.05, 0.1) is 19.8 Å². The Morgan fingerprint density at radius 3 is 1.81 bits per heavy atom. The van der Waals surface area contributed by atoms with Gasteiger partial charge in [-0.1, -0.05) is 53.5 Å². The third-order valence-electron chi connectivity index (χ3n) is 4.11. The highest BCUT2D eigenvalue weighted by atomic mass is 35.5. The quantitative estimate of drug-likeness (QED) is 0.603. The van der Waals surface area contributed by atoms with Crippen LogP contribution >= 0.6 is 23.2 Å². The van der Waals surface area contributed by atoms with E-state index in [1.807, 2.05) is 30.3 Å². The standard InChI is InChI=1S/C21H18Cl2O3/c1-25-18-10-15(21(24)13-6-4-3-5-7-13)11-19(26-2)20(18)14-8-16(22)12-17(23)9-14/h3-12,21,24H,1-2H3. The maximum atomic E-state index is 10.7. The molecule has 3 aromatic carbocycles. The minimum absolute atomic E-state index is 0.519. The largest absolute Gasteiger partial charge is 0.496 e. The van der Waals surface area contributed by atoms with Gasteiger partial charge in [-0.2, -0.15) is 0 Å². The van der Waals surface area contributed by atoms with Crippen LogP contribution in [0.15, 0.2) is 60.7 Å². The molecule has 0 aromatic heterocycles. The van der Waals surface area contributed by atoms with Gasteiger partial charge in [-0.3, -0.25) is 0 Å². The van der Waals surface area contributed by atoms with Crippen LogP contribution < -0.4 is 9.47 Å². The summed E-state index contributed by atoms with van der Waals surface area (Å²) in [5.41, 5.74) is 2.96. The zero-order valence-electron chi connectivity index (χ0n) is 14.4. The minimum atomic E-state index is -0.795. The van der Waals surface area contributed by atoms with E-state index in [1.54, 1.807) is 44.6 Å². The van der Waals surface area contributed by atoms with Crippen molar-refractivity contribution in [1.82, 2.24) is 0 Å². The summed E-state index contributed by atoms with van der Waals surface area (Å²) in [6, 6.07) is 18.3. The molecule has 3 nitrogen and oxygen atoms in total. The van der Waals surface area contributed by atoms with Crippen molar-refractivity contribution in [2.75, 3.05) is 14.2 Å². The average Bonchev–Trinajstić information content (AvgIpc) is 2.66. The molecule has 3 aromatic rings. The van der Waals surface area contributed by atoms with Gasteiger partial charge in [0.1, 0.15) is 17.6 Å². The first-order valence-electron chi connectivity index (χ1n) is 7.99. The minimum Gasteiger partial charge on any atom is -0.496 e. The summed E-state index contributed by atoms with van der Waals surface area (Å²) in [5.74, 6) is 1.13. The number of ether oxygens (including phenoxy) is 2. The Bertz CT molecular complexity index is 865. The third kappa shape index (κ3) is 3.80. The van der Waals surface area contributed by atoms with E-state index in [2.05, 4.69) is 0 Å².